The van der Waals surface area contributed by atoms with E-state index < -0.39 is 0 Å². The Balaban J connectivity index is 1.39. The van der Waals surface area contributed by atoms with E-state index in [1.165, 1.54) is 4.90 Å². The summed E-state index contributed by atoms with van der Waals surface area (Å²) in [5.41, 5.74) is 1.17. The molecule has 0 aliphatic heterocycles. The second-order valence-electron chi connectivity index (χ2n) is 6.22. The van der Waals surface area contributed by atoms with Gasteiger partial charge in [0.1, 0.15) is 0 Å². The van der Waals surface area contributed by atoms with E-state index in [1.54, 1.807) is 36.0 Å². The maximum atomic E-state index is 12.3. The molecule has 0 spiro atoms. The van der Waals surface area contributed by atoms with E-state index in [1.807, 2.05) is 18.2 Å². The normalized spacial score (nSPS) is 13.1. The van der Waals surface area contributed by atoms with Gasteiger partial charge in [-0.2, -0.15) is 0 Å². The highest BCUT2D eigenvalue weighted by molar-refractivity contribution is 7.99. The van der Waals surface area contributed by atoms with Crippen LogP contribution in [0.15, 0.2) is 59.5 Å². The van der Waals surface area contributed by atoms with E-state index in [2.05, 4.69) is 28.1 Å². The van der Waals surface area contributed by atoms with E-state index in [9.17, 15) is 9.59 Å². The monoisotopic (exact) mass is 369 g/mol. The second kappa shape index (κ2) is 9.29. The number of benzene rings is 2. The highest BCUT2D eigenvalue weighted by Gasteiger charge is 2.23. The molecule has 6 heteroatoms. The SMILES string of the molecule is O=C(Nc1cccc(C(=O)NCCCSc2ccccc2)c1)NC1CC1. The molecule has 0 atom stereocenters. The Kier molecular flexibility index (Phi) is 6.55. The van der Waals surface area contributed by atoms with Gasteiger partial charge in [-0.15, -0.1) is 11.8 Å². The minimum absolute atomic E-state index is 0.124. The van der Waals surface area contributed by atoms with Crippen molar-refractivity contribution in [2.75, 3.05) is 17.6 Å². The number of urea groups is 1. The van der Waals surface area contributed by atoms with Crippen molar-refractivity contribution in [3.8, 4) is 0 Å². The van der Waals surface area contributed by atoms with Gasteiger partial charge in [-0.1, -0.05) is 24.3 Å². The molecule has 0 heterocycles. The van der Waals surface area contributed by atoms with Crippen molar-refractivity contribution in [3.63, 3.8) is 0 Å². The van der Waals surface area contributed by atoms with Gasteiger partial charge in [0.25, 0.3) is 5.91 Å². The van der Waals surface area contributed by atoms with Gasteiger partial charge < -0.3 is 16.0 Å². The lowest BCUT2D eigenvalue weighted by atomic mass is 10.2. The Labute approximate surface area is 157 Å². The van der Waals surface area contributed by atoms with Crippen molar-refractivity contribution in [2.24, 2.45) is 0 Å². The topological polar surface area (TPSA) is 70.2 Å². The Morgan fingerprint density at radius 2 is 1.85 bits per heavy atom. The van der Waals surface area contributed by atoms with E-state index in [0.29, 0.717) is 23.8 Å². The van der Waals surface area contributed by atoms with Gasteiger partial charge in [-0.25, -0.2) is 4.79 Å². The second-order valence-corrected chi connectivity index (χ2v) is 7.39. The molecule has 3 N–H and O–H groups in total. The molecular weight excluding hydrogens is 346 g/mol. The van der Waals surface area contributed by atoms with Crippen LogP contribution in [0.1, 0.15) is 29.6 Å². The molecule has 0 aromatic heterocycles. The molecular formula is C20H23N3O2S. The van der Waals surface area contributed by atoms with Crippen LogP contribution < -0.4 is 16.0 Å². The molecule has 1 fully saturated rings. The quantitative estimate of drug-likeness (QED) is 0.488. The predicted octanol–water partition coefficient (Wildman–Crippen LogP) is 3.88. The Bertz CT molecular complexity index is 748. The lowest BCUT2D eigenvalue weighted by molar-refractivity contribution is 0.0954. The molecule has 2 aromatic rings. The number of rotatable bonds is 8. The number of thioether (sulfide) groups is 1. The third kappa shape index (κ3) is 6.11. The molecule has 2 aromatic carbocycles. The van der Waals surface area contributed by atoms with Crippen molar-refractivity contribution in [1.29, 1.82) is 0 Å². The van der Waals surface area contributed by atoms with Crippen LogP contribution in [-0.2, 0) is 0 Å². The average molecular weight is 369 g/mol. The van der Waals surface area contributed by atoms with Gasteiger partial charge in [0, 0.05) is 28.7 Å². The lowest BCUT2D eigenvalue weighted by Crippen LogP contribution is -2.30. The first-order chi connectivity index (χ1) is 12.7. The summed E-state index contributed by atoms with van der Waals surface area (Å²) in [6, 6.07) is 17.3. The Morgan fingerprint density at radius 3 is 2.62 bits per heavy atom. The third-order valence-electron chi connectivity index (χ3n) is 3.91. The van der Waals surface area contributed by atoms with Gasteiger partial charge in [0.05, 0.1) is 0 Å². The van der Waals surface area contributed by atoms with Crippen LogP contribution in [0.5, 0.6) is 0 Å². The van der Waals surface area contributed by atoms with Crippen molar-refractivity contribution in [2.45, 2.75) is 30.2 Å². The summed E-state index contributed by atoms with van der Waals surface area (Å²) in [5.74, 6) is 0.828. The zero-order valence-electron chi connectivity index (χ0n) is 14.5. The van der Waals surface area contributed by atoms with Crippen LogP contribution in [0.4, 0.5) is 10.5 Å². The zero-order chi connectivity index (χ0) is 18.2. The molecule has 5 nitrogen and oxygen atoms in total. The van der Waals surface area contributed by atoms with Crippen LogP contribution >= 0.6 is 11.8 Å². The van der Waals surface area contributed by atoms with E-state index >= 15 is 0 Å². The molecule has 1 saturated carbocycles. The first-order valence-corrected chi connectivity index (χ1v) is 9.83. The summed E-state index contributed by atoms with van der Waals surface area (Å²) in [5, 5.41) is 8.56. The van der Waals surface area contributed by atoms with Crippen LogP contribution in [0.25, 0.3) is 0 Å². The van der Waals surface area contributed by atoms with Crippen molar-refractivity contribution >= 4 is 29.4 Å². The minimum Gasteiger partial charge on any atom is -0.352 e. The smallest absolute Gasteiger partial charge is 0.319 e. The molecule has 1 aliphatic rings. The molecule has 0 bridgehead atoms. The minimum atomic E-state index is -0.219. The zero-order valence-corrected chi connectivity index (χ0v) is 15.4. The fourth-order valence-electron chi connectivity index (χ4n) is 2.40. The Morgan fingerprint density at radius 1 is 1.04 bits per heavy atom. The van der Waals surface area contributed by atoms with Crippen LogP contribution in [0, 0.1) is 0 Å². The molecule has 0 radical (unpaired) electrons. The highest BCUT2D eigenvalue weighted by Crippen LogP contribution is 2.19. The van der Waals surface area contributed by atoms with Crippen molar-refractivity contribution < 1.29 is 9.59 Å². The fraction of sp³-hybridized carbons (Fsp3) is 0.300. The molecule has 0 unspecified atom stereocenters. The average Bonchev–Trinajstić information content (AvgIpc) is 3.46. The van der Waals surface area contributed by atoms with E-state index in [4.69, 9.17) is 0 Å². The van der Waals surface area contributed by atoms with Crippen LogP contribution in [0.2, 0.25) is 0 Å². The molecule has 3 rings (SSSR count). The van der Waals surface area contributed by atoms with Gasteiger partial charge in [0.15, 0.2) is 0 Å². The number of amides is 3. The maximum absolute atomic E-state index is 12.3. The number of carbonyl (C=O) groups is 2. The first-order valence-electron chi connectivity index (χ1n) is 8.84. The van der Waals surface area contributed by atoms with Crippen molar-refractivity contribution in [3.05, 3.63) is 60.2 Å². The first kappa shape index (κ1) is 18.3. The molecule has 26 heavy (non-hydrogen) atoms. The third-order valence-corrected chi connectivity index (χ3v) is 5.01. The summed E-state index contributed by atoms with van der Waals surface area (Å²) >= 11 is 1.78. The van der Waals surface area contributed by atoms with Gasteiger partial charge in [0.2, 0.25) is 0 Å². The molecule has 1 aliphatic carbocycles. The largest absolute Gasteiger partial charge is 0.352 e. The Hall–Kier alpha value is -2.47. The van der Waals surface area contributed by atoms with Crippen LogP contribution in [-0.4, -0.2) is 30.3 Å². The van der Waals surface area contributed by atoms with E-state index in [-0.39, 0.29) is 11.9 Å². The number of hydrogen-bond donors (Lipinski definition) is 3. The number of carbonyl (C=O) groups excluding carboxylic acids is 2. The fourth-order valence-corrected chi connectivity index (χ4v) is 3.28. The predicted molar refractivity (Wildman–Crippen MR) is 106 cm³/mol. The van der Waals surface area contributed by atoms with Gasteiger partial charge in [-0.3, -0.25) is 4.79 Å². The number of hydrogen-bond acceptors (Lipinski definition) is 3. The summed E-state index contributed by atoms with van der Waals surface area (Å²) in [6.07, 6.45) is 2.98. The summed E-state index contributed by atoms with van der Waals surface area (Å²) in [4.78, 5) is 25.3. The lowest BCUT2D eigenvalue weighted by Gasteiger charge is -2.09. The van der Waals surface area contributed by atoms with Crippen molar-refractivity contribution in [1.82, 2.24) is 10.6 Å². The molecule has 0 saturated heterocycles. The van der Waals surface area contributed by atoms with Gasteiger partial charge >= 0.3 is 6.03 Å². The summed E-state index contributed by atoms with van der Waals surface area (Å²) < 4.78 is 0. The number of nitrogens with one attached hydrogen (secondary N) is 3. The summed E-state index contributed by atoms with van der Waals surface area (Å²) in [7, 11) is 0. The standard InChI is InChI=1S/C20H23N3O2S/c24-19(21-12-5-13-26-18-8-2-1-3-9-18)15-6-4-7-17(14-15)23-20(25)22-16-10-11-16/h1-4,6-9,14,16H,5,10-13H2,(H,21,24)(H2,22,23,25). The molecule has 3 amide bonds. The van der Waals surface area contributed by atoms with E-state index in [0.717, 1.165) is 25.0 Å². The number of anilines is 1. The van der Waals surface area contributed by atoms with Gasteiger partial charge in [-0.05, 0) is 55.3 Å². The highest BCUT2D eigenvalue weighted by atomic mass is 32.2. The maximum Gasteiger partial charge on any atom is 0.319 e. The van der Waals surface area contributed by atoms with Crippen LogP contribution in [0.3, 0.4) is 0 Å². The molecule has 136 valence electrons. The summed E-state index contributed by atoms with van der Waals surface area (Å²) in [6.45, 7) is 0.624.